The van der Waals surface area contributed by atoms with Crippen molar-refractivity contribution < 1.29 is 31.9 Å². The first-order valence-corrected chi connectivity index (χ1v) is 12.0. The van der Waals surface area contributed by atoms with Crippen molar-refractivity contribution in [1.29, 1.82) is 0 Å². The van der Waals surface area contributed by atoms with Crippen LogP contribution in [-0.2, 0) is 32.4 Å². The lowest BCUT2D eigenvalue weighted by Gasteiger charge is -2.23. The molecular formula is C28H27F3N4O4. The summed E-state index contributed by atoms with van der Waals surface area (Å²) in [5.41, 5.74) is 1.39. The number of nitrogens with zero attached hydrogens (tertiary/aromatic N) is 3. The number of oxazole rings is 1. The van der Waals surface area contributed by atoms with Crippen LogP contribution in [0.4, 0.5) is 13.2 Å². The Morgan fingerprint density at radius 1 is 1.00 bits per heavy atom. The van der Waals surface area contributed by atoms with Crippen LogP contribution in [0.25, 0.3) is 0 Å². The topological polar surface area (TPSA) is 89.7 Å². The molecule has 1 N–H and O–H groups in total. The average molecular weight is 541 g/mol. The highest BCUT2D eigenvalue weighted by atomic mass is 19.4. The second-order valence-corrected chi connectivity index (χ2v) is 8.67. The molecule has 0 aliphatic heterocycles. The molecule has 39 heavy (non-hydrogen) atoms. The zero-order valence-corrected chi connectivity index (χ0v) is 21.4. The van der Waals surface area contributed by atoms with Gasteiger partial charge in [-0.1, -0.05) is 36.4 Å². The summed E-state index contributed by atoms with van der Waals surface area (Å²) in [6, 6.07) is 14.1. The molecule has 1 amide bonds. The van der Waals surface area contributed by atoms with Crippen molar-refractivity contribution >= 4 is 5.91 Å². The number of benzene rings is 2. The largest absolute Gasteiger partial charge is 0.493 e. The minimum absolute atomic E-state index is 0.0897. The van der Waals surface area contributed by atoms with Gasteiger partial charge in [0, 0.05) is 37.6 Å². The zero-order chi connectivity index (χ0) is 27.8. The lowest BCUT2D eigenvalue weighted by Crippen LogP contribution is -2.24. The number of amides is 1. The van der Waals surface area contributed by atoms with Gasteiger partial charge in [0.25, 0.3) is 5.91 Å². The standard InChI is InChI=1S/C28H27F3N4O4/c1-37-24-10-4-8-21(26(24)38-2)16-35(15-19-6-3-9-22(12-19)28(29,30)31)17-25-34-23(18-39-25)27(36)33-14-20-7-5-11-32-13-20/h3-13,18H,14-17H2,1-2H3,(H,33,36). The molecule has 0 unspecified atom stereocenters. The van der Waals surface area contributed by atoms with E-state index in [2.05, 4.69) is 15.3 Å². The highest BCUT2D eigenvalue weighted by Gasteiger charge is 2.30. The Morgan fingerprint density at radius 3 is 2.51 bits per heavy atom. The lowest BCUT2D eigenvalue weighted by atomic mass is 10.1. The summed E-state index contributed by atoms with van der Waals surface area (Å²) in [5, 5.41) is 2.76. The summed E-state index contributed by atoms with van der Waals surface area (Å²) in [6.07, 6.45) is 0.0779. The number of rotatable bonds is 11. The summed E-state index contributed by atoms with van der Waals surface area (Å²) >= 11 is 0. The van der Waals surface area contributed by atoms with Gasteiger partial charge in [-0.15, -0.1) is 0 Å². The number of para-hydroxylation sites is 1. The zero-order valence-electron chi connectivity index (χ0n) is 21.4. The van der Waals surface area contributed by atoms with Crippen molar-refractivity contribution in [2.24, 2.45) is 0 Å². The van der Waals surface area contributed by atoms with E-state index in [0.717, 1.165) is 23.3 Å². The Hall–Kier alpha value is -4.38. The number of alkyl halides is 3. The third-order valence-electron chi connectivity index (χ3n) is 5.86. The number of ether oxygens (including phenoxy) is 2. The smallest absolute Gasteiger partial charge is 0.416 e. The molecule has 204 valence electrons. The first-order chi connectivity index (χ1) is 18.8. The fourth-order valence-electron chi connectivity index (χ4n) is 4.05. The summed E-state index contributed by atoms with van der Waals surface area (Å²) in [6.45, 7) is 0.815. The van der Waals surface area contributed by atoms with Gasteiger partial charge >= 0.3 is 6.18 Å². The molecule has 2 aromatic heterocycles. The molecule has 4 aromatic rings. The van der Waals surface area contributed by atoms with E-state index in [0.29, 0.717) is 17.1 Å². The molecular weight excluding hydrogens is 513 g/mol. The summed E-state index contributed by atoms with van der Waals surface area (Å²) in [7, 11) is 3.04. The number of hydrogen-bond donors (Lipinski definition) is 1. The molecule has 11 heteroatoms. The van der Waals surface area contributed by atoms with Crippen LogP contribution >= 0.6 is 0 Å². The van der Waals surface area contributed by atoms with E-state index in [4.69, 9.17) is 13.9 Å². The summed E-state index contributed by atoms with van der Waals surface area (Å²) in [4.78, 5) is 22.7. The van der Waals surface area contributed by atoms with Gasteiger partial charge in [-0.05, 0) is 29.3 Å². The maximum absolute atomic E-state index is 13.3. The van der Waals surface area contributed by atoms with Crippen LogP contribution in [0, 0.1) is 0 Å². The highest BCUT2D eigenvalue weighted by molar-refractivity contribution is 5.91. The highest BCUT2D eigenvalue weighted by Crippen LogP contribution is 2.33. The van der Waals surface area contributed by atoms with Gasteiger partial charge in [0.1, 0.15) is 6.26 Å². The molecule has 0 saturated heterocycles. The minimum Gasteiger partial charge on any atom is -0.493 e. The normalized spacial score (nSPS) is 11.4. The number of nitrogens with one attached hydrogen (secondary N) is 1. The number of halogens is 3. The van der Waals surface area contributed by atoms with Crippen molar-refractivity contribution in [3.05, 3.63) is 107 Å². The fourth-order valence-corrected chi connectivity index (χ4v) is 4.05. The van der Waals surface area contributed by atoms with Crippen LogP contribution in [0.5, 0.6) is 11.5 Å². The predicted octanol–water partition coefficient (Wildman–Crippen LogP) is 5.24. The Bertz CT molecular complexity index is 1390. The van der Waals surface area contributed by atoms with Gasteiger partial charge in [0.2, 0.25) is 5.89 Å². The Morgan fingerprint density at radius 2 is 1.79 bits per heavy atom. The van der Waals surface area contributed by atoms with Crippen molar-refractivity contribution in [3.8, 4) is 11.5 Å². The Labute approximate surface area is 223 Å². The molecule has 0 fully saturated rings. The maximum atomic E-state index is 13.3. The molecule has 0 aliphatic carbocycles. The van der Waals surface area contributed by atoms with Crippen LogP contribution in [0.2, 0.25) is 0 Å². The van der Waals surface area contributed by atoms with E-state index in [1.807, 2.05) is 17.0 Å². The first-order valence-electron chi connectivity index (χ1n) is 12.0. The number of carbonyl (C=O) groups excluding carboxylic acids is 1. The molecule has 2 heterocycles. The second kappa shape index (κ2) is 12.4. The lowest BCUT2D eigenvalue weighted by molar-refractivity contribution is -0.137. The van der Waals surface area contributed by atoms with Crippen molar-refractivity contribution in [3.63, 3.8) is 0 Å². The molecule has 0 saturated carbocycles. The van der Waals surface area contributed by atoms with E-state index < -0.39 is 17.6 Å². The summed E-state index contributed by atoms with van der Waals surface area (Å²) in [5.74, 6) is 0.845. The van der Waals surface area contributed by atoms with Crippen LogP contribution in [-0.4, -0.2) is 35.0 Å². The number of carbonyl (C=O) groups is 1. The molecule has 0 aliphatic rings. The van der Waals surface area contributed by atoms with Gasteiger partial charge in [-0.2, -0.15) is 13.2 Å². The molecule has 0 bridgehead atoms. The monoisotopic (exact) mass is 540 g/mol. The van der Waals surface area contributed by atoms with Gasteiger partial charge < -0.3 is 19.2 Å². The SMILES string of the molecule is COc1cccc(CN(Cc2cccc(C(F)(F)F)c2)Cc2nc(C(=O)NCc3cccnc3)co2)c1OC. The van der Waals surface area contributed by atoms with Gasteiger partial charge in [0.05, 0.1) is 26.3 Å². The molecule has 0 radical (unpaired) electrons. The van der Waals surface area contributed by atoms with Crippen molar-refractivity contribution in [1.82, 2.24) is 20.2 Å². The molecule has 8 nitrogen and oxygen atoms in total. The fraction of sp³-hybridized carbons (Fsp3) is 0.250. The third-order valence-corrected chi connectivity index (χ3v) is 5.86. The van der Waals surface area contributed by atoms with Crippen LogP contribution in [0.1, 0.15) is 38.6 Å². The van der Waals surface area contributed by atoms with Gasteiger partial charge in [-0.25, -0.2) is 4.98 Å². The van der Waals surface area contributed by atoms with Crippen LogP contribution < -0.4 is 14.8 Å². The van der Waals surface area contributed by atoms with Crippen LogP contribution in [0.15, 0.2) is 77.7 Å². The number of methoxy groups -OCH3 is 2. The number of pyridine rings is 1. The van der Waals surface area contributed by atoms with E-state index in [1.165, 1.54) is 26.5 Å². The Kier molecular flexibility index (Phi) is 8.82. The van der Waals surface area contributed by atoms with Crippen LogP contribution in [0.3, 0.4) is 0 Å². The van der Waals surface area contributed by atoms with Crippen molar-refractivity contribution in [2.45, 2.75) is 32.4 Å². The van der Waals surface area contributed by atoms with E-state index in [1.54, 1.807) is 36.7 Å². The minimum atomic E-state index is -4.46. The predicted molar refractivity (Wildman–Crippen MR) is 136 cm³/mol. The summed E-state index contributed by atoms with van der Waals surface area (Å²) < 4.78 is 56.4. The molecule has 0 atom stereocenters. The van der Waals surface area contributed by atoms with E-state index in [9.17, 15) is 18.0 Å². The quantitative estimate of drug-likeness (QED) is 0.278. The number of hydrogen-bond acceptors (Lipinski definition) is 7. The second-order valence-electron chi connectivity index (χ2n) is 8.67. The average Bonchev–Trinajstić information content (AvgIpc) is 3.40. The molecule has 4 rings (SSSR count). The number of aromatic nitrogens is 2. The maximum Gasteiger partial charge on any atom is 0.416 e. The third kappa shape index (κ3) is 7.35. The Balaban J connectivity index is 1.54. The van der Waals surface area contributed by atoms with Crippen molar-refractivity contribution in [2.75, 3.05) is 14.2 Å². The molecule has 0 spiro atoms. The van der Waals surface area contributed by atoms with Gasteiger partial charge in [-0.3, -0.25) is 14.7 Å². The van der Waals surface area contributed by atoms with E-state index >= 15 is 0 Å². The molecule has 2 aromatic carbocycles. The van der Waals surface area contributed by atoms with E-state index in [-0.39, 0.29) is 37.8 Å². The first kappa shape index (κ1) is 27.6. The van der Waals surface area contributed by atoms with Gasteiger partial charge in [0.15, 0.2) is 17.2 Å².